The number of aromatic nitrogens is 3. The van der Waals surface area contributed by atoms with Gasteiger partial charge in [-0.3, -0.25) is 5.43 Å². The number of anilines is 3. The van der Waals surface area contributed by atoms with Crippen LogP contribution >= 0.6 is 0 Å². The van der Waals surface area contributed by atoms with E-state index in [1.54, 1.807) is 0 Å². The molecule has 1 aromatic carbocycles. The molecule has 2 aromatic rings. The molecule has 7 nitrogen and oxygen atoms in total. The number of benzene rings is 1. The zero-order chi connectivity index (χ0) is 15.2. The molecule has 0 atom stereocenters. The molecular formula is C14H20N6O. The van der Waals surface area contributed by atoms with Gasteiger partial charge in [0.2, 0.25) is 11.9 Å². The van der Waals surface area contributed by atoms with Gasteiger partial charge in [-0.2, -0.15) is 15.0 Å². The Kier molecular flexibility index (Phi) is 4.89. The van der Waals surface area contributed by atoms with Gasteiger partial charge in [0, 0.05) is 5.69 Å². The Labute approximate surface area is 123 Å². The van der Waals surface area contributed by atoms with Crippen LogP contribution < -0.4 is 21.3 Å². The molecule has 0 aliphatic heterocycles. The largest absolute Gasteiger partial charge is 0.464 e. The Morgan fingerprint density at radius 2 is 1.76 bits per heavy atom. The Morgan fingerprint density at radius 3 is 2.33 bits per heavy atom. The fraction of sp³-hybridized carbons (Fsp3) is 0.357. The highest BCUT2D eigenvalue weighted by Crippen LogP contribution is 2.20. The van der Waals surface area contributed by atoms with E-state index in [1.165, 1.54) is 5.56 Å². The van der Waals surface area contributed by atoms with E-state index in [-0.39, 0.29) is 12.0 Å². The molecule has 112 valence electrons. The van der Waals surface area contributed by atoms with Gasteiger partial charge in [-0.05, 0) is 30.5 Å². The van der Waals surface area contributed by atoms with E-state index in [9.17, 15) is 0 Å². The summed E-state index contributed by atoms with van der Waals surface area (Å²) in [5.74, 6) is 6.46. The van der Waals surface area contributed by atoms with E-state index < -0.39 is 0 Å². The van der Waals surface area contributed by atoms with E-state index >= 15 is 0 Å². The van der Waals surface area contributed by atoms with Gasteiger partial charge in [0.25, 0.3) is 0 Å². The zero-order valence-electron chi connectivity index (χ0n) is 12.4. The predicted molar refractivity (Wildman–Crippen MR) is 82.6 cm³/mol. The maximum atomic E-state index is 5.34. The molecule has 4 N–H and O–H groups in total. The van der Waals surface area contributed by atoms with Crippen LogP contribution in [0.1, 0.15) is 32.3 Å². The molecule has 0 radical (unpaired) electrons. The number of hydrogen-bond acceptors (Lipinski definition) is 7. The van der Waals surface area contributed by atoms with Crippen LogP contribution in [0.2, 0.25) is 0 Å². The van der Waals surface area contributed by atoms with Crippen LogP contribution in [0.5, 0.6) is 6.01 Å². The van der Waals surface area contributed by atoms with Crippen molar-refractivity contribution in [1.82, 2.24) is 15.0 Å². The third-order valence-electron chi connectivity index (χ3n) is 2.85. The van der Waals surface area contributed by atoms with E-state index in [2.05, 4.69) is 51.7 Å². The number of hydrogen-bond donors (Lipinski definition) is 3. The molecule has 7 heteroatoms. The lowest BCUT2D eigenvalue weighted by Gasteiger charge is -2.10. The van der Waals surface area contributed by atoms with Crippen LogP contribution in [-0.2, 0) is 0 Å². The minimum atomic E-state index is 0.224. The van der Waals surface area contributed by atoms with Crippen LogP contribution in [0.15, 0.2) is 24.3 Å². The molecule has 0 aliphatic carbocycles. The fourth-order valence-electron chi connectivity index (χ4n) is 1.75. The van der Waals surface area contributed by atoms with Gasteiger partial charge < -0.3 is 10.1 Å². The molecule has 21 heavy (non-hydrogen) atoms. The van der Waals surface area contributed by atoms with E-state index in [4.69, 9.17) is 10.6 Å². The molecule has 0 saturated heterocycles. The van der Waals surface area contributed by atoms with E-state index in [1.807, 2.05) is 19.1 Å². The second-order valence-electron chi connectivity index (χ2n) is 4.74. The lowest BCUT2D eigenvalue weighted by atomic mass is 10.0. The third-order valence-corrected chi connectivity index (χ3v) is 2.85. The van der Waals surface area contributed by atoms with Gasteiger partial charge >= 0.3 is 6.01 Å². The first-order valence-corrected chi connectivity index (χ1v) is 6.84. The average Bonchev–Trinajstić information content (AvgIpc) is 2.48. The number of hydrazine groups is 1. The number of ether oxygens (including phenoxy) is 1. The third kappa shape index (κ3) is 4.03. The van der Waals surface area contributed by atoms with Gasteiger partial charge in [-0.25, -0.2) is 5.84 Å². The van der Waals surface area contributed by atoms with E-state index in [0.717, 1.165) is 5.69 Å². The minimum absolute atomic E-state index is 0.224. The summed E-state index contributed by atoms with van der Waals surface area (Å²) in [7, 11) is 0. The monoisotopic (exact) mass is 288 g/mol. The average molecular weight is 288 g/mol. The highest BCUT2D eigenvalue weighted by Gasteiger charge is 2.07. The molecule has 0 amide bonds. The topological polar surface area (TPSA) is 98.0 Å². The summed E-state index contributed by atoms with van der Waals surface area (Å²) in [6.45, 7) is 6.64. The first-order chi connectivity index (χ1) is 10.1. The van der Waals surface area contributed by atoms with Crippen LogP contribution in [0.4, 0.5) is 17.6 Å². The molecule has 2 rings (SSSR count). The van der Waals surface area contributed by atoms with Crippen molar-refractivity contribution in [2.24, 2.45) is 5.84 Å². The van der Waals surface area contributed by atoms with Crippen molar-refractivity contribution >= 4 is 17.6 Å². The Balaban J connectivity index is 2.19. The van der Waals surface area contributed by atoms with Crippen molar-refractivity contribution in [3.05, 3.63) is 29.8 Å². The quantitative estimate of drug-likeness (QED) is 0.554. The summed E-state index contributed by atoms with van der Waals surface area (Å²) in [4.78, 5) is 12.3. The van der Waals surface area contributed by atoms with Crippen molar-refractivity contribution in [3.63, 3.8) is 0 Å². The summed E-state index contributed by atoms with van der Waals surface area (Å²) in [5.41, 5.74) is 4.55. The first-order valence-electron chi connectivity index (χ1n) is 6.84. The number of nitrogens with zero attached hydrogens (tertiary/aromatic N) is 3. The molecule has 1 aromatic heterocycles. The van der Waals surface area contributed by atoms with Crippen LogP contribution in [0, 0.1) is 0 Å². The second kappa shape index (κ2) is 6.85. The molecular weight excluding hydrogens is 268 g/mol. The Bertz CT molecular complexity index is 585. The smallest absolute Gasteiger partial charge is 0.323 e. The van der Waals surface area contributed by atoms with Crippen molar-refractivity contribution in [3.8, 4) is 6.01 Å². The molecule has 0 fully saturated rings. The van der Waals surface area contributed by atoms with Gasteiger partial charge in [-0.15, -0.1) is 0 Å². The second-order valence-corrected chi connectivity index (χ2v) is 4.74. The lowest BCUT2D eigenvalue weighted by molar-refractivity contribution is 0.312. The highest BCUT2D eigenvalue weighted by molar-refractivity contribution is 5.55. The van der Waals surface area contributed by atoms with Gasteiger partial charge in [-0.1, -0.05) is 26.0 Å². The summed E-state index contributed by atoms with van der Waals surface area (Å²) in [5, 5.41) is 3.11. The van der Waals surface area contributed by atoms with Gasteiger partial charge in [0.1, 0.15) is 0 Å². The molecule has 0 bridgehead atoms. The van der Waals surface area contributed by atoms with Crippen molar-refractivity contribution in [2.75, 3.05) is 17.3 Å². The summed E-state index contributed by atoms with van der Waals surface area (Å²) >= 11 is 0. The fourth-order valence-corrected chi connectivity index (χ4v) is 1.75. The summed E-state index contributed by atoms with van der Waals surface area (Å²) in [6, 6.07) is 8.32. The maximum Gasteiger partial charge on any atom is 0.323 e. The normalized spacial score (nSPS) is 10.5. The van der Waals surface area contributed by atoms with Crippen molar-refractivity contribution in [1.29, 1.82) is 0 Å². The number of nitrogens with two attached hydrogens (primary N) is 1. The highest BCUT2D eigenvalue weighted by atomic mass is 16.5. The van der Waals surface area contributed by atoms with Crippen LogP contribution in [0.3, 0.4) is 0 Å². The molecule has 0 spiro atoms. The molecule has 1 heterocycles. The molecule has 0 saturated carbocycles. The van der Waals surface area contributed by atoms with Gasteiger partial charge in [0.05, 0.1) is 6.61 Å². The first kappa shape index (κ1) is 15.0. The SMILES string of the molecule is CCOc1nc(NN)nc(Nc2ccc(C(C)C)cc2)n1. The minimum Gasteiger partial charge on any atom is -0.464 e. The van der Waals surface area contributed by atoms with Crippen molar-refractivity contribution < 1.29 is 4.74 Å². The Hall–Kier alpha value is -2.41. The zero-order valence-corrected chi connectivity index (χ0v) is 12.4. The van der Waals surface area contributed by atoms with Gasteiger partial charge in [0.15, 0.2) is 0 Å². The lowest BCUT2D eigenvalue weighted by Crippen LogP contribution is -2.13. The van der Waals surface area contributed by atoms with Crippen LogP contribution in [0.25, 0.3) is 0 Å². The van der Waals surface area contributed by atoms with E-state index in [0.29, 0.717) is 18.5 Å². The number of nitrogens with one attached hydrogen (secondary N) is 2. The van der Waals surface area contributed by atoms with Crippen molar-refractivity contribution in [2.45, 2.75) is 26.7 Å². The number of rotatable bonds is 6. The maximum absolute atomic E-state index is 5.34. The summed E-state index contributed by atoms with van der Waals surface area (Å²) in [6.07, 6.45) is 0. The molecule has 0 aliphatic rings. The van der Waals surface area contributed by atoms with Crippen LogP contribution in [-0.4, -0.2) is 21.6 Å². The standard InChI is InChI=1S/C14H20N6O/c1-4-21-14-18-12(17-13(19-14)20-15)16-11-7-5-10(6-8-11)9(2)3/h5-9H,4,15H2,1-3H3,(H2,16,17,18,19,20). The number of nitrogen functional groups attached to an aromatic ring is 1. The summed E-state index contributed by atoms with van der Waals surface area (Å²) < 4.78 is 5.28. The Morgan fingerprint density at radius 1 is 1.10 bits per heavy atom. The molecule has 0 unspecified atom stereocenters. The predicted octanol–water partition coefficient (Wildman–Crippen LogP) is 2.42.